The molecule has 2 aromatic rings. The lowest BCUT2D eigenvalue weighted by Crippen LogP contribution is -2.14. The quantitative estimate of drug-likeness (QED) is 0.528. The van der Waals surface area contributed by atoms with Crippen LogP contribution in [0.4, 0.5) is 4.39 Å². The van der Waals surface area contributed by atoms with Crippen LogP contribution in [0.5, 0.6) is 0 Å². The number of alkyl halides is 1. The zero-order valence-electron chi connectivity index (χ0n) is 13.0. The van der Waals surface area contributed by atoms with Crippen LogP contribution in [0, 0.1) is 5.82 Å². The molecule has 0 aliphatic carbocycles. The Kier molecular flexibility index (Phi) is 5.81. The van der Waals surface area contributed by atoms with E-state index in [1.165, 1.54) is 12.1 Å². The molecule has 1 atom stereocenters. The number of benzene rings is 1. The Morgan fingerprint density at radius 2 is 2.00 bits per heavy atom. The molecule has 1 unspecified atom stereocenters. The van der Waals surface area contributed by atoms with Gasteiger partial charge in [0.15, 0.2) is 10.4 Å². The first-order valence-electron chi connectivity index (χ1n) is 7.21. The molecule has 0 N–H and O–H groups in total. The van der Waals surface area contributed by atoms with E-state index < -0.39 is 11.3 Å². The van der Waals surface area contributed by atoms with Crippen molar-refractivity contribution in [3.63, 3.8) is 0 Å². The number of hydrogen-bond donors (Lipinski definition) is 0. The summed E-state index contributed by atoms with van der Waals surface area (Å²) >= 11 is 9.95. The molecule has 0 bridgehead atoms. The standard InChI is InChI=1S/C16H17BrClFN2O2/c1-4-23-15(22)13-14(21(9(2)3)16(17)20-13)12(18)10-5-7-11(19)8-6-10/h5-9,12H,4H2,1-3H3. The van der Waals surface area contributed by atoms with Crippen LogP contribution in [0.1, 0.15) is 53.9 Å². The molecule has 0 amide bonds. The number of carbonyl (C=O) groups excluding carboxylic acids is 1. The monoisotopic (exact) mass is 402 g/mol. The third-order valence-electron chi connectivity index (χ3n) is 3.29. The van der Waals surface area contributed by atoms with Crippen LogP contribution in [0.25, 0.3) is 0 Å². The summed E-state index contributed by atoms with van der Waals surface area (Å²) in [6.45, 7) is 5.89. The van der Waals surface area contributed by atoms with E-state index in [1.54, 1.807) is 19.1 Å². The van der Waals surface area contributed by atoms with Crippen molar-refractivity contribution < 1.29 is 13.9 Å². The van der Waals surface area contributed by atoms with Gasteiger partial charge >= 0.3 is 5.97 Å². The lowest BCUT2D eigenvalue weighted by Gasteiger charge is -2.18. The minimum atomic E-state index is -0.656. The van der Waals surface area contributed by atoms with E-state index in [4.69, 9.17) is 16.3 Å². The number of halogens is 3. The lowest BCUT2D eigenvalue weighted by molar-refractivity contribution is 0.0518. The smallest absolute Gasteiger partial charge is 0.358 e. The molecule has 0 saturated carbocycles. The zero-order chi connectivity index (χ0) is 17.1. The highest BCUT2D eigenvalue weighted by Gasteiger charge is 2.29. The zero-order valence-corrected chi connectivity index (χ0v) is 15.4. The highest BCUT2D eigenvalue weighted by molar-refractivity contribution is 9.10. The second-order valence-corrected chi connectivity index (χ2v) is 6.36. The molecular formula is C16H17BrClFN2O2. The fraction of sp³-hybridized carbons (Fsp3) is 0.375. The molecule has 0 fully saturated rings. The largest absolute Gasteiger partial charge is 0.461 e. The molecule has 0 aliphatic heterocycles. The van der Waals surface area contributed by atoms with Crippen LogP contribution in [0.15, 0.2) is 29.0 Å². The maximum absolute atomic E-state index is 13.1. The van der Waals surface area contributed by atoms with E-state index in [9.17, 15) is 9.18 Å². The second kappa shape index (κ2) is 7.45. The molecule has 0 aliphatic rings. The van der Waals surface area contributed by atoms with Gasteiger partial charge < -0.3 is 9.30 Å². The minimum absolute atomic E-state index is 0.0248. The van der Waals surface area contributed by atoms with Gasteiger partial charge in [-0.3, -0.25) is 0 Å². The van der Waals surface area contributed by atoms with Gasteiger partial charge in [-0.15, -0.1) is 11.6 Å². The number of nitrogens with zero attached hydrogens (tertiary/aromatic N) is 2. The molecule has 2 rings (SSSR count). The number of imidazole rings is 1. The number of hydrogen-bond acceptors (Lipinski definition) is 3. The van der Waals surface area contributed by atoms with E-state index in [1.807, 2.05) is 18.4 Å². The maximum Gasteiger partial charge on any atom is 0.358 e. The lowest BCUT2D eigenvalue weighted by atomic mass is 10.1. The Labute approximate surface area is 147 Å². The fourth-order valence-corrected chi connectivity index (χ4v) is 3.42. The van der Waals surface area contributed by atoms with E-state index in [2.05, 4.69) is 20.9 Å². The number of aromatic nitrogens is 2. The fourth-order valence-electron chi connectivity index (χ4n) is 2.29. The number of esters is 1. The molecule has 4 nitrogen and oxygen atoms in total. The van der Waals surface area contributed by atoms with Gasteiger partial charge in [0.1, 0.15) is 11.2 Å². The molecule has 0 radical (unpaired) electrons. The molecule has 23 heavy (non-hydrogen) atoms. The van der Waals surface area contributed by atoms with Gasteiger partial charge in [-0.05, 0) is 54.4 Å². The number of ether oxygens (including phenoxy) is 1. The van der Waals surface area contributed by atoms with Crippen LogP contribution in [-0.4, -0.2) is 22.1 Å². The Balaban J connectivity index is 2.57. The SMILES string of the molecule is CCOC(=O)c1nc(Br)n(C(C)C)c1C(Cl)c1ccc(F)cc1. The normalized spacial score (nSPS) is 12.5. The number of carbonyl (C=O) groups is 1. The Morgan fingerprint density at radius 1 is 1.39 bits per heavy atom. The Bertz CT molecular complexity index is 701. The Hall–Kier alpha value is -1.40. The van der Waals surface area contributed by atoms with E-state index in [0.29, 0.717) is 16.0 Å². The van der Waals surface area contributed by atoms with Gasteiger partial charge in [-0.1, -0.05) is 12.1 Å². The highest BCUT2D eigenvalue weighted by Crippen LogP contribution is 2.35. The van der Waals surface area contributed by atoms with Gasteiger partial charge in [0.25, 0.3) is 0 Å². The average molecular weight is 404 g/mol. The van der Waals surface area contributed by atoms with Crippen LogP contribution >= 0.6 is 27.5 Å². The van der Waals surface area contributed by atoms with Crippen molar-refractivity contribution in [2.75, 3.05) is 6.61 Å². The van der Waals surface area contributed by atoms with Gasteiger partial charge in [-0.2, -0.15) is 0 Å². The van der Waals surface area contributed by atoms with Gasteiger partial charge in [0.05, 0.1) is 12.3 Å². The summed E-state index contributed by atoms with van der Waals surface area (Å²) in [5.41, 5.74) is 1.36. The van der Waals surface area contributed by atoms with Gasteiger partial charge in [0, 0.05) is 6.04 Å². The highest BCUT2D eigenvalue weighted by atomic mass is 79.9. The Morgan fingerprint density at radius 3 is 2.52 bits per heavy atom. The topological polar surface area (TPSA) is 44.1 Å². The van der Waals surface area contributed by atoms with E-state index in [0.717, 1.165) is 0 Å². The van der Waals surface area contributed by atoms with E-state index >= 15 is 0 Å². The first kappa shape index (κ1) is 17.9. The van der Waals surface area contributed by atoms with Crippen molar-refractivity contribution in [3.05, 3.63) is 51.8 Å². The van der Waals surface area contributed by atoms with Crippen molar-refractivity contribution in [1.29, 1.82) is 0 Å². The summed E-state index contributed by atoms with van der Waals surface area (Å²) in [5, 5.41) is -0.656. The summed E-state index contributed by atoms with van der Waals surface area (Å²) in [7, 11) is 0. The molecule has 0 spiro atoms. The molecule has 124 valence electrons. The minimum Gasteiger partial charge on any atom is -0.461 e. The summed E-state index contributed by atoms with van der Waals surface area (Å²) in [6.07, 6.45) is 0. The van der Waals surface area contributed by atoms with Crippen molar-refractivity contribution in [3.8, 4) is 0 Å². The van der Waals surface area contributed by atoms with Crippen molar-refractivity contribution in [1.82, 2.24) is 9.55 Å². The molecule has 1 aromatic heterocycles. The first-order valence-corrected chi connectivity index (χ1v) is 8.44. The van der Waals surface area contributed by atoms with Crippen LogP contribution < -0.4 is 0 Å². The summed E-state index contributed by atoms with van der Waals surface area (Å²) < 4.78 is 20.5. The third-order valence-corrected chi connectivity index (χ3v) is 4.31. The van der Waals surface area contributed by atoms with E-state index in [-0.39, 0.29) is 24.2 Å². The predicted molar refractivity (Wildman–Crippen MR) is 90.4 cm³/mol. The molecule has 0 saturated heterocycles. The van der Waals surface area contributed by atoms with Crippen molar-refractivity contribution >= 4 is 33.5 Å². The second-order valence-electron chi connectivity index (χ2n) is 5.21. The average Bonchev–Trinajstić information content (AvgIpc) is 2.85. The van der Waals surface area contributed by atoms with Crippen molar-refractivity contribution in [2.45, 2.75) is 32.2 Å². The molecule has 7 heteroatoms. The van der Waals surface area contributed by atoms with Gasteiger partial charge in [-0.25, -0.2) is 14.2 Å². The summed E-state index contributed by atoms with van der Waals surface area (Å²) in [5.74, 6) is -0.878. The van der Waals surface area contributed by atoms with Crippen molar-refractivity contribution in [2.24, 2.45) is 0 Å². The molecular weight excluding hydrogens is 387 g/mol. The maximum atomic E-state index is 13.1. The van der Waals surface area contributed by atoms with Crippen LogP contribution in [0.3, 0.4) is 0 Å². The van der Waals surface area contributed by atoms with Gasteiger partial charge in [0.2, 0.25) is 0 Å². The van der Waals surface area contributed by atoms with Crippen LogP contribution in [0.2, 0.25) is 0 Å². The first-order chi connectivity index (χ1) is 10.9. The summed E-state index contributed by atoms with van der Waals surface area (Å²) in [6, 6.07) is 5.87. The summed E-state index contributed by atoms with van der Waals surface area (Å²) in [4.78, 5) is 16.5. The van der Waals surface area contributed by atoms with Crippen LogP contribution in [-0.2, 0) is 4.74 Å². The number of rotatable bonds is 5. The molecule has 1 aromatic carbocycles. The molecule has 1 heterocycles. The predicted octanol–water partition coefficient (Wildman–Crippen LogP) is 4.87. The third kappa shape index (κ3) is 3.75.